The van der Waals surface area contributed by atoms with Gasteiger partial charge >= 0.3 is 0 Å². The Balaban J connectivity index is 1.63. The van der Waals surface area contributed by atoms with Crippen molar-refractivity contribution in [1.82, 2.24) is 14.8 Å². The highest BCUT2D eigenvalue weighted by Crippen LogP contribution is 2.27. The van der Waals surface area contributed by atoms with Gasteiger partial charge in [0.05, 0.1) is 22.5 Å². The summed E-state index contributed by atoms with van der Waals surface area (Å²) < 4.78 is 1.95. The molecule has 10 heteroatoms. The highest BCUT2D eigenvalue weighted by atomic mass is 35.5. The molecule has 0 saturated carbocycles. The Hall–Kier alpha value is -2.55. The molecular weight excluding hydrogens is 469 g/mol. The van der Waals surface area contributed by atoms with Crippen molar-refractivity contribution in [2.45, 2.75) is 44.3 Å². The van der Waals surface area contributed by atoms with E-state index in [-0.39, 0.29) is 11.7 Å². The Morgan fingerprint density at radius 3 is 2.50 bits per heavy atom. The van der Waals surface area contributed by atoms with Crippen molar-refractivity contribution in [2.24, 2.45) is 0 Å². The van der Waals surface area contributed by atoms with Crippen molar-refractivity contribution in [3.8, 4) is 0 Å². The topological polar surface area (TPSA) is 88.9 Å². The number of benzene rings is 2. The third kappa shape index (κ3) is 6.03. The van der Waals surface area contributed by atoms with E-state index in [1.165, 1.54) is 18.7 Å². The summed E-state index contributed by atoms with van der Waals surface area (Å²) in [4.78, 5) is 24.0. The van der Waals surface area contributed by atoms with Crippen LogP contribution in [0.3, 0.4) is 0 Å². The number of thioether (sulfide) groups is 1. The molecule has 3 rings (SSSR count). The maximum absolute atomic E-state index is 12.6. The van der Waals surface area contributed by atoms with Gasteiger partial charge in [-0.2, -0.15) is 0 Å². The van der Waals surface area contributed by atoms with Crippen molar-refractivity contribution >= 4 is 58.0 Å². The Kier molecular flexibility index (Phi) is 8.17. The lowest BCUT2D eigenvalue weighted by Gasteiger charge is -2.13. The molecule has 1 unspecified atom stereocenters. The molecule has 0 spiro atoms. The smallest absolute Gasteiger partial charge is 0.237 e. The molecule has 0 aliphatic rings. The number of nitrogens with zero attached hydrogens (tertiary/aromatic N) is 3. The van der Waals surface area contributed by atoms with Gasteiger partial charge in [-0.1, -0.05) is 35.0 Å². The van der Waals surface area contributed by atoms with Gasteiger partial charge in [-0.25, -0.2) is 0 Å². The van der Waals surface area contributed by atoms with Crippen LogP contribution < -0.4 is 10.6 Å². The predicted molar refractivity (Wildman–Crippen MR) is 130 cm³/mol. The molecular formula is C22H23Cl2N5O2S. The summed E-state index contributed by atoms with van der Waals surface area (Å²) >= 11 is 13.6. The largest absolute Gasteiger partial charge is 0.376 e. The van der Waals surface area contributed by atoms with E-state index in [1.54, 1.807) is 42.5 Å². The van der Waals surface area contributed by atoms with Crippen LogP contribution in [0.25, 0.3) is 0 Å². The van der Waals surface area contributed by atoms with Gasteiger partial charge in [0.15, 0.2) is 16.8 Å². The molecule has 0 aliphatic heterocycles. The summed E-state index contributed by atoms with van der Waals surface area (Å²) in [5.74, 6) is 0.536. The van der Waals surface area contributed by atoms with Crippen molar-refractivity contribution in [3.05, 3.63) is 63.9 Å². The van der Waals surface area contributed by atoms with E-state index >= 15 is 0 Å². The van der Waals surface area contributed by atoms with Gasteiger partial charge in [0, 0.05) is 22.8 Å². The normalized spacial score (nSPS) is 11.8. The van der Waals surface area contributed by atoms with Crippen LogP contribution in [0.15, 0.2) is 47.6 Å². The van der Waals surface area contributed by atoms with Crippen molar-refractivity contribution < 1.29 is 9.59 Å². The highest BCUT2D eigenvalue weighted by molar-refractivity contribution is 8.00. The number of carbonyl (C=O) groups is 2. The molecule has 2 N–H and O–H groups in total. The number of aromatic nitrogens is 3. The minimum Gasteiger partial charge on any atom is -0.376 e. The first kappa shape index (κ1) is 24.1. The fraction of sp³-hybridized carbons (Fsp3) is 0.273. The summed E-state index contributed by atoms with van der Waals surface area (Å²) in [6.45, 7) is 6.36. The fourth-order valence-corrected chi connectivity index (χ4v) is 4.19. The molecule has 2 aromatic carbocycles. The molecule has 1 amide bonds. The Bertz CT molecular complexity index is 1120. The number of amides is 1. The first-order chi connectivity index (χ1) is 15.3. The molecule has 7 nitrogen and oxygen atoms in total. The molecule has 1 aromatic heterocycles. The molecule has 0 fully saturated rings. The lowest BCUT2D eigenvalue weighted by atomic mass is 10.1. The van der Waals surface area contributed by atoms with E-state index in [9.17, 15) is 9.59 Å². The van der Waals surface area contributed by atoms with Crippen LogP contribution in [-0.2, 0) is 17.9 Å². The van der Waals surface area contributed by atoms with Gasteiger partial charge in [-0.05, 0) is 63.2 Å². The molecule has 0 aliphatic carbocycles. The standard InChI is InChI=1S/C22H23Cl2N5O2S/c1-4-29-20(12-25-19-11-16(23)7-10-18(19)24)27-28-22(29)32-14(3)21(31)26-17-8-5-15(6-9-17)13(2)30/h5-11,14,25H,4,12H2,1-3H3,(H,26,31). The van der Waals surface area contributed by atoms with Crippen molar-refractivity contribution in [3.63, 3.8) is 0 Å². The maximum atomic E-state index is 12.6. The van der Waals surface area contributed by atoms with Gasteiger partial charge in [0.1, 0.15) is 0 Å². The average Bonchev–Trinajstić information content (AvgIpc) is 3.15. The number of rotatable bonds is 9. The van der Waals surface area contributed by atoms with E-state index in [4.69, 9.17) is 23.2 Å². The number of halogens is 2. The third-order valence-corrected chi connectivity index (χ3v) is 6.33. The zero-order chi connectivity index (χ0) is 23.3. The molecule has 0 radical (unpaired) electrons. The first-order valence-electron chi connectivity index (χ1n) is 9.98. The predicted octanol–water partition coefficient (Wildman–Crippen LogP) is 5.54. The van der Waals surface area contributed by atoms with Crippen molar-refractivity contribution in [2.75, 3.05) is 10.6 Å². The lowest BCUT2D eigenvalue weighted by molar-refractivity contribution is -0.115. The van der Waals surface area contributed by atoms with Crippen LogP contribution in [-0.4, -0.2) is 31.7 Å². The zero-order valence-corrected chi connectivity index (χ0v) is 20.2. The Morgan fingerprint density at radius 1 is 1.12 bits per heavy atom. The van der Waals surface area contributed by atoms with Crippen LogP contribution in [0.4, 0.5) is 11.4 Å². The number of ketones is 1. The Morgan fingerprint density at radius 2 is 1.84 bits per heavy atom. The quantitative estimate of drug-likeness (QED) is 0.301. The minimum absolute atomic E-state index is 0.0198. The number of hydrogen-bond donors (Lipinski definition) is 2. The van der Waals surface area contributed by atoms with Gasteiger partial charge in [0.25, 0.3) is 0 Å². The monoisotopic (exact) mass is 491 g/mol. The number of hydrogen-bond acceptors (Lipinski definition) is 6. The van der Waals surface area contributed by atoms with Gasteiger partial charge in [-0.15, -0.1) is 10.2 Å². The number of carbonyl (C=O) groups excluding carboxylic acids is 2. The second kappa shape index (κ2) is 10.8. The highest BCUT2D eigenvalue weighted by Gasteiger charge is 2.20. The van der Waals surface area contributed by atoms with E-state index in [0.717, 1.165) is 5.82 Å². The van der Waals surface area contributed by atoms with Crippen LogP contribution in [0.5, 0.6) is 0 Å². The molecule has 1 atom stereocenters. The Labute approximate surface area is 200 Å². The minimum atomic E-state index is -0.403. The molecule has 3 aromatic rings. The van der Waals surface area contributed by atoms with Crippen LogP contribution in [0.1, 0.15) is 37.0 Å². The van der Waals surface area contributed by atoms with Crippen molar-refractivity contribution in [1.29, 1.82) is 0 Å². The summed E-state index contributed by atoms with van der Waals surface area (Å²) in [6.07, 6.45) is 0. The van der Waals surface area contributed by atoms with Crippen LogP contribution in [0, 0.1) is 0 Å². The summed E-state index contributed by atoms with van der Waals surface area (Å²) in [6, 6.07) is 12.0. The number of nitrogens with one attached hydrogen (secondary N) is 2. The maximum Gasteiger partial charge on any atom is 0.237 e. The zero-order valence-electron chi connectivity index (χ0n) is 17.9. The van der Waals surface area contributed by atoms with Crippen LogP contribution in [0.2, 0.25) is 10.0 Å². The molecule has 1 heterocycles. The van der Waals surface area contributed by atoms with E-state index < -0.39 is 5.25 Å². The second-order valence-corrected chi connectivity index (χ2v) is 9.16. The number of anilines is 2. The summed E-state index contributed by atoms with van der Waals surface area (Å²) in [5, 5.41) is 16.0. The van der Waals surface area contributed by atoms with E-state index in [1.807, 2.05) is 18.4 Å². The van der Waals surface area contributed by atoms with E-state index in [2.05, 4.69) is 20.8 Å². The second-order valence-electron chi connectivity index (χ2n) is 7.00. The fourth-order valence-electron chi connectivity index (χ4n) is 2.91. The third-order valence-electron chi connectivity index (χ3n) is 4.69. The SMILES string of the molecule is CCn1c(CNc2cc(Cl)ccc2Cl)nnc1SC(C)C(=O)Nc1ccc(C(C)=O)cc1. The van der Waals surface area contributed by atoms with Gasteiger partial charge in [0.2, 0.25) is 5.91 Å². The van der Waals surface area contributed by atoms with Gasteiger partial charge in [-0.3, -0.25) is 9.59 Å². The van der Waals surface area contributed by atoms with Crippen LogP contribution >= 0.6 is 35.0 Å². The average molecular weight is 492 g/mol. The summed E-state index contributed by atoms with van der Waals surface area (Å²) in [5.41, 5.74) is 1.94. The summed E-state index contributed by atoms with van der Waals surface area (Å²) in [7, 11) is 0. The van der Waals surface area contributed by atoms with E-state index in [0.29, 0.717) is 45.2 Å². The molecule has 168 valence electrons. The molecule has 32 heavy (non-hydrogen) atoms. The molecule has 0 bridgehead atoms. The van der Waals surface area contributed by atoms with Gasteiger partial charge < -0.3 is 15.2 Å². The lowest BCUT2D eigenvalue weighted by Crippen LogP contribution is -2.23. The number of Topliss-reactive ketones (excluding diaryl/α,β-unsaturated/α-hetero) is 1. The molecule has 0 saturated heterocycles. The first-order valence-corrected chi connectivity index (χ1v) is 11.6.